The summed E-state index contributed by atoms with van der Waals surface area (Å²) in [4.78, 5) is 1.31. The smallest absolute Gasteiger partial charge is 0.0147 e. The van der Waals surface area contributed by atoms with Crippen molar-refractivity contribution in [3.05, 3.63) is 59.7 Å². The first-order chi connectivity index (χ1) is 9.52. The minimum Gasteiger partial charge on any atom is -0.123 e. The van der Waals surface area contributed by atoms with Gasteiger partial charge in [0, 0.05) is 10.1 Å². The standard InChI is InChI=1S/C19H22S/c1-6-16-12-17(10-11-18(16)20-13(2)3)19-14(4)8-7-9-15(19)5/h6-13H,1H2,2-5H3. The van der Waals surface area contributed by atoms with Gasteiger partial charge in [-0.3, -0.25) is 0 Å². The third kappa shape index (κ3) is 3.16. The van der Waals surface area contributed by atoms with Gasteiger partial charge >= 0.3 is 0 Å². The van der Waals surface area contributed by atoms with E-state index in [0.29, 0.717) is 5.25 Å². The first-order valence-electron chi connectivity index (χ1n) is 7.02. The van der Waals surface area contributed by atoms with Crippen molar-refractivity contribution in [2.75, 3.05) is 0 Å². The quantitative estimate of drug-likeness (QED) is 0.609. The molecule has 2 rings (SSSR count). The molecule has 0 aliphatic rings. The maximum Gasteiger partial charge on any atom is 0.0147 e. The van der Waals surface area contributed by atoms with Gasteiger partial charge in [-0.2, -0.15) is 0 Å². The Kier molecular flexibility index (Phi) is 4.72. The van der Waals surface area contributed by atoms with Gasteiger partial charge in [0.1, 0.15) is 0 Å². The zero-order valence-electron chi connectivity index (χ0n) is 12.7. The molecule has 1 heteroatoms. The second-order valence-electron chi connectivity index (χ2n) is 5.39. The molecule has 0 fully saturated rings. The highest BCUT2D eigenvalue weighted by molar-refractivity contribution is 8.00. The second-order valence-corrected chi connectivity index (χ2v) is 7.01. The SMILES string of the molecule is C=Cc1cc(-c2c(C)cccc2C)ccc1SC(C)C. The zero-order chi connectivity index (χ0) is 14.7. The molecule has 0 bridgehead atoms. The number of thioether (sulfide) groups is 1. The summed E-state index contributed by atoms with van der Waals surface area (Å²) in [5, 5.41) is 0.583. The van der Waals surface area contributed by atoms with E-state index in [4.69, 9.17) is 0 Å². The highest BCUT2D eigenvalue weighted by atomic mass is 32.2. The summed E-state index contributed by atoms with van der Waals surface area (Å²) in [5.41, 5.74) is 6.50. The van der Waals surface area contributed by atoms with E-state index in [1.165, 1.54) is 32.7 Å². The lowest BCUT2D eigenvalue weighted by Crippen LogP contribution is -1.92. The molecule has 104 valence electrons. The minimum absolute atomic E-state index is 0.583. The molecule has 0 amide bonds. The average molecular weight is 282 g/mol. The normalized spacial score (nSPS) is 10.8. The number of hydrogen-bond donors (Lipinski definition) is 0. The van der Waals surface area contributed by atoms with Gasteiger partial charge in [0.15, 0.2) is 0 Å². The fourth-order valence-corrected chi connectivity index (χ4v) is 3.43. The summed E-state index contributed by atoms with van der Waals surface area (Å²) in [5.74, 6) is 0. The molecule has 0 saturated carbocycles. The first kappa shape index (κ1) is 14.9. The van der Waals surface area contributed by atoms with Crippen molar-refractivity contribution in [1.82, 2.24) is 0 Å². The Morgan fingerprint density at radius 3 is 2.25 bits per heavy atom. The fraction of sp³-hybridized carbons (Fsp3) is 0.263. The van der Waals surface area contributed by atoms with E-state index in [1.807, 2.05) is 17.8 Å². The molecular weight excluding hydrogens is 260 g/mol. The maximum atomic E-state index is 3.97. The summed E-state index contributed by atoms with van der Waals surface area (Å²) >= 11 is 1.89. The van der Waals surface area contributed by atoms with Crippen LogP contribution in [0.1, 0.15) is 30.5 Å². The van der Waals surface area contributed by atoms with Crippen LogP contribution >= 0.6 is 11.8 Å². The van der Waals surface area contributed by atoms with E-state index in [-0.39, 0.29) is 0 Å². The van der Waals surface area contributed by atoms with Gasteiger partial charge in [-0.1, -0.05) is 50.8 Å². The predicted molar refractivity (Wildman–Crippen MR) is 92.4 cm³/mol. The zero-order valence-corrected chi connectivity index (χ0v) is 13.6. The first-order valence-corrected chi connectivity index (χ1v) is 7.90. The van der Waals surface area contributed by atoms with Crippen LogP contribution in [-0.2, 0) is 0 Å². The van der Waals surface area contributed by atoms with Crippen LogP contribution in [0.2, 0.25) is 0 Å². The number of hydrogen-bond acceptors (Lipinski definition) is 1. The predicted octanol–water partition coefficient (Wildman–Crippen LogP) is 6.11. The lowest BCUT2D eigenvalue weighted by atomic mass is 9.95. The Labute approximate surface area is 126 Å². The molecule has 0 N–H and O–H groups in total. The molecule has 0 aromatic heterocycles. The van der Waals surface area contributed by atoms with Crippen LogP contribution in [0.4, 0.5) is 0 Å². The molecular formula is C19H22S. The average Bonchev–Trinajstić information content (AvgIpc) is 2.39. The van der Waals surface area contributed by atoms with Crippen LogP contribution in [0.5, 0.6) is 0 Å². The van der Waals surface area contributed by atoms with Crippen molar-refractivity contribution >= 4 is 17.8 Å². The largest absolute Gasteiger partial charge is 0.123 e. The van der Waals surface area contributed by atoms with Gasteiger partial charge in [-0.05, 0) is 53.8 Å². The minimum atomic E-state index is 0.583. The van der Waals surface area contributed by atoms with Crippen molar-refractivity contribution in [1.29, 1.82) is 0 Å². The summed E-state index contributed by atoms with van der Waals surface area (Å²) < 4.78 is 0. The van der Waals surface area contributed by atoms with E-state index in [2.05, 4.69) is 70.7 Å². The van der Waals surface area contributed by atoms with Crippen LogP contribution in [-0.4, -0.2) is 5.25 Å². The van der Waals surface area contributed by atoms with Gasteiger partial charge < -0.3 is 0 Å². The highest BCUT2D eigenvalue weighted by Crippen LogP contribution is 2.33. The molecule has 0 nitrogen and oxygen atoms in total. The number of aryl methyl sites for hydroxylation is 2. The van der Waals surface area contributed by atoms with Crippen LogP contribution in [0, 0.1) is 13.8 Å². The molecule has 0 aliphatic heterocycles. The molecule has 0 atom stereocenters. The van der Waals surface area contributed by atoms with E-state index >= 15 is 0 Å². The molecule has 2 aromatic rings. The summed E-state index contributed by atoms with van der Waals surface area (Å²) in [7, 11) is 0. The Hall–Kier alpha value is -1.47. The van der Waals surface area contributed by atoms with Crippen LogP contribution < -0.4 is 0 Å². The van der Waals surface area contributed by atoms with Gasteiger partial charge in [0.05, 0.1) is 0 Å². The van der Waals surface area contributed by atoms with Crippen molar-refractivity contribution < 1.29 is 0 Å². The van der Waals surface area contributed by atoms with Crippen molar-refractivity contribution in [3.63, 3.8) is 0 Å². The molecule has 0 heterocycles. The third-order valence-corrected chi connectivity index (χ3v) is 4.46. The maximum absolute atomic E-state index is 3.97. The lowest BCUT2D eigenvalue weighted by Gasteiger charge is -2.14. The Morgan fingerprint density at radius 2 is 1.70 bits per heavy atom. The Bertz CT molecular complexity index is 603. The highest BCUT2D eigenvalue weighted by Gasteiger charge is 2.09. The topological polar surface area (TPSA) is 0 Å². The van der Waals surface area contributed by atoms with E-state index in [1.54, 1.807) is 0 Å². The Morgan fingerprint density at radius 1 is 1.05 bits per heavy atom. The Balaban J connectivity index is 2.52. The van der Waals surface area contributed by atoms with Crippen molar-refractivity contribution in [3.8, 4) is 11.1 Å². The molecule has 0 spiro atoms. The van der Waals surface area contributed by atoms with Gasteiger partial charge in [-0.25, -0.2) is 0 Å². The van der Waals surface area contributed by atoms with Gasteiger partial charge in [-0.15, -0.1) is 11.8 Å². The molecule has 0 aliphatic carbocycles. The number of rotatable bonds is 4. The second kappa shape index (κ2) is 6.32. The van der Waals surface area contributed by atoms with Crippen LogP contribution in [0.25, 0.3) is 17.2 Å². The summed E-state index contributed by atoms with van der Waals surface area (Å²) in [6.07, 6.45) is 1.96. The van der Waals surface area contributed by atoms with E-state index in [9.17, 15) is 0 Å². The number of benzene rings is 2. The molecule has 2 aromatic carbocycles. The van der Waals surface area contributed by atoms with Gasteiger partial charge in [0.25, 0.3) is 0 Å². The molecule has 20 heavy (non-hydrogen) atoms. The fourth-order valence-electron chi connectivity index (χ4n) is 2.49. The monoisotopic (exact) mass is 282 g/mol. The summed E-state index contributed by atoms with van der Waals surface area (Å²) in [6.45, 7) is 12.8. The molecule has 0 unspecified atom stereocenters. The van der Waals surface area contributed by atoms with E-state index in [0.717, 1.165) is 0 Å². The van der Waals surface area contributed by atoms with Crippen LogP contribution in [0.3, 0.4) is 0 Å². The van der Waals surface area contributed by atoms with Crippen LogP contribution in [0.15, 0.2) is 47.9 Å². The van der Waals surface area contributed by atoms with Crippen molar-refractivity contribution in [2.45, 2.75) is 37.8 Å². The van der Waals surface area contributed by atoms with Crippen molar-refractivity contribution in [2.24, 2.45) is 0 Å². The summed E-state index contributed by atoms with van der Waals surface area (Å²) in [6, 6.07) is 13.2. The third-order valence-electron chi connectivity index (χ3n) is 3.36. The van der Waals surface area contributed by atoms with Gasteiger partial charge in [0.2, 0.25) is 0 Å². The van der Waals surface area contributed by atoms with E-state index < -0.39 is 0 Å². The lowest BCUT2D eigenvalue weighted by molar-refractivity contribution is 1.11. The molecule has 0 radical (unpaired) electrons. The molecule has 0 saturated heterocycles.